The molecule has 1 fully saturated rings. The monoisotopic (exact) mass is 378 g/mol. The van der Waals surface area contributed by atoms with Gasteiger partial charge in [-0.15, -0.1) is 0 Å². The molecule has 0 radical (unpaired) electrons. The highest BCUT2D eigenvalue weighted by Gasteiger charge is 2.36. The summed E-state index contributed by atoms with van der Waals surface area (Å²) in [6.07, 6.45) is 3.48. The van der Waals surface area contributed by atoms with E-state index in [2.05, 4.69) is 15.1 Å². The molecule has 1 saturated carbocycles. The molecule has 0 unspecified atom stereocenters. The van der Waals surface area contributed by atoms with Gasteiger partial charge in [-0.05, 0) is 30.9 Å². The van der Waals surface area contributed by atoms with Crippen LogP contribution in [0, 0.1) is 11.6 Å². The number of halogens is 3. The Bertz CT molecular complexity index is 920. The molecule has 4 rings (SSSR count). The molecule has 0 atom stereocenters. The fourth-order valence-corrected chi connectivity index (χ4v) is 3.09. The fourth-order valence-electron chi connectivity index (χ4n) is 2.90. The Labute approximate surface area is 151 Å². The Morgan fingerprint density at radius 1 is 1.12 bits per heavy atom. The topological polar surface area (TPSA) is 84.1 Å². The van der Waals surface area contributed by atoms with Crippen LogP contribution in [0.1, 0.15) is 24.3 Å². The number of hydrogen-bond donors (Lipinski definition) is 0. The predicted molar refractivity (Wildman–Crippen MR) is 84.7 cm³/mol. The third kappa shape index (κ3) is 3.20. The fraction of sp³-hybridized carbons (Fsp3) is 0.235. The van der Waals surface area contributed by atoms with E-state index in [1.165, 1.54) is 18.5 Å². The normalized spacial score (nSPS) is 19.2. The number of hydrogen-bond acceptors (Lipinski definition) is 6. The van der Waals surface area contributed by atoms with Crippen LogP contribution in [0.5, 0.6) is 11.8 Å². The zero-order valence-corrected chi connectivity index (χ0v) is 13.9. The van der Waals surface area contributed by atoms with Crippen molar-refractivity contribution in [3.05, 3.63) is 52.8 Å². The first-order valence-corrected chi connectivity index (χ1v) is 8.14. The number of benzene rings is 1. The van der Waals surface area contributed by atoms with Gasteiger partial charge in [0.25, 0.3) is 0 Å². The van der Waals surface area contributed by atoms with Gasteiger partial charge in [-0.3, -0.25) is 0 Å². The second-order valence-corrected chi connectivity index (χ2v) is 6.40. The van der Waals surface area contributed by atoms with Gasteiger partial charge in [-0.25, -0.2) is 18.7 Å². The Morgan fingerprint density at radius 2 is 1.85 bits per heavy atom. The van der Waals surface area contributed by atoms with Crippen LogP contribution in [0.3, 0.4) is 0 Å². The summed E-state index contributed by atoms with van der Waals surface area (Å²) >= 11 is 5.63. The summed E-state index contributed by atoms with van der Waals surface area (Å²) in [5.41, 5.74) is 0.387. The van der Waals surface area contributed by atoms with Crippen molar-refractivity contribution < 1.29 is 23.1 Å². The first-order valence-electron chi connectivity index (χ1n) is 7.77. The lowest BCUT2D eigenvalue weighted by atomic mass is 9.77. The summed E-state index contributed by atoms with van der Waals surface area (Å²) < 4.78 is 38.3. The van der Waals surface area contributed by atoms with Crippen LogP contribution in [0.25, 0.3) is 11.5 Å². The van der Waals surface area contributed by atoms with Crippen molar-refractivity contribution in [3.8, 4) is 23.2 Å². The van der Waals surface area contributed by atoms with E-state index in [4.69, 9.17) is 20.9 Å². The van der Waals surface area contributed by atoms with Gasteiger partial charge in [0.05, 0.1) is 12.4 Å². The van der Waals surface area contributed by atoms with E-state index in [9.17, 15) is 13.9 Å². The van der Waals surface area contributed by atoms with Crippen LogP contribution < -0.4 is 9.84 Å². The average molecular weight is 379 g/mol. The van der Waals surface area contributed by atoms with Gasteiger partial charge < -0.3 is 14.4 Å². The van der Waals surface area contributed by atoms with Crippen LogP contribution in [0.2, 0.25) is 5.02 Å². The van der Waals surface area contributed by atoms with E-state index >= 15 is 0 Å². The number of aromatic nitrogens is 3. The smallest absolute Gasteiger partial charge is 0.232 e. The second-order valence-electron chi connectivity index (χ2n) is 5.96. The third-order valence-corrected chi connectivity index (χ3v) is 4.42. The molecule has 1 aliphatic carbocycles. The van der Waals surface area contributed by atoms with Crippen LogP contribution in [-0.2, 0) is 0 Å². The first-order chi connectivity index (χ1) is 12.5. The predicted octanol–water partition coefficient (Wildman–Crippen LogP) is 3.46. The van der Waals surface area contributed by atoms with Gasteiger partial charge in [0.1, 0.15) is 23.4 Å². The van der Waals surface area contributed by atoms with Crippen molar-refractivity contribution in [1.82, 2.24) is 15.1 Å². The van der Waals surface area contributed by atoms with Crippen molar-refractivity contribution >= 4 is 11.6 Å². The molecular weight excluding hydrogens is 368 g/mol. The number of rotatable bonds is 4. The van der Waals surface area contributed by atoms with Gasteiger partial charge in [0, 0.05) is 22.5 Å². The average Bonchev–Trinajstić information content (AvgIpc) is 2.98. The molecule has 0 saturated heterocycles. The molecule has 6 nitrogen and oxygen atoms in total. The molecule has 1 aromatic carbocycles. The minimum atomic E-state index is -0.646. The molecule has 0 bridgehead atoms. The molecule has 9 heteroatoms. The molecule has 0 N–H and O–H groups in total. The maximum absolute atomic E-state index is 13.9. The van der Waals surface area contributed by atoms with Crippen LogP contribution in [0.15, 0.2) is 35.1 Å². The second kappa shape index (κ2) is 6.53. The summed E-state index contributed by atoms with van der Waals surface area (Å²) in [4.78, 5) is 8.18. The highest BCUT2D eigenvalue weighted by Crippen LogP contribution is 2.41. The molecule has 26 heavy (non-hydrogen) atoms. The largest absolute Gasteiger partial charge is 0.856 e. The highest BCUT2D eigenvalue weighted by molar-refractivity contribution is 6.30. The minimum Gasteiger partial charge on any atom is -0.856 e. The lowest BCUT2D eigenvalue weighted by molar-refractivity contribution is -0.277. The van der Waals surface area contributed by atoms with Gasteiger partial charge in [0.15, 0.2) is 5.76 Å². The molecule has 2 aromatic heterocycles. The Hall–Kier alpha value is -2.74. The maximum atomic E-state index is 13.9. The van der Waals surface area contributed by atoms with Crippen LogP contribution in [-0.4, -0.2) is 21.2 Å². The van der Waals surface area contributed by atoms with E-state index < -0.39 is 17.5 Å². The minimum absolute atomic E-state index is 0.0297. The molecule has 2 heterocycles. The summed E-state index contributed by atoms with van der Waals surface area (Å²) in [6, 6.07) is 3.42. The van der Waals surface area contributed by atoms with Gasteiger partial charge in [-0.1, -0.05) is 16.8 Å². The Balaban J connectivity index is 1.38. The lowest BCUT2D eigenvalue weighted by Gasteiger charge is -2.35. The van der Waals surface area contributed by atoms with Crippen molar-refractivity contribution in [2.75, 3.05) is 0 Å². The van der Waals surface area contributed by atoms with Gasteiger partial charge in [-0.2, -0.15) is 0 Å². The molecule has 0 aliphatic heterocycles. The molecule has 134 valence electrons. The van der Waals surface area contributed by atoms with E-state index in [0.29, 0.717) is 18.5 Å². The van der Waals surface area contributed by atoms with Crippen molar-refractivity contribution in [2.45, 2.75) is 24.9 Å². The van der Waals surface area contributed by atoms with Crippen LogP contribution in [0.4, 0.5) is 8.78 Å². The zero-order valence-electron chi connectivity index (χ0n) is 13.2. The van der Waals surface area contributed by atoms with Crippen molar-refractivity contribution in [2.24, 2.45) is 0 Å². The summed E-state index contributed by atoms with van der Waals surface area (Å²) in [5, 5.41) is 14.3. The number of ether oxygens (including phenoxy) is 1. The molecular formula is C17H11ClF2N3O3-. The quantitative estimate of drug-likeness (QED) is 0.691. The Morgan fingerprint density at radius 3 is 2.42 bits per heavy atom. The summed E-state index contributed by atoms with van der Waals surface area (Å²) in [6.45, 7) is 0. The summed E-state index contributed by atoms with van der Waals surface area (Å²) in [5.74, 6) is -1.57. The molecule has 1 aliphatic rings. The lowest BCUT2D eigenvalue weighted by Crippen LogP contribution is -2.33. The first kappa shape index (κ1) is 16.7. The maximum Gasteiger partial charge on any atom is 0.232 e. The molecule has 3 aromatic rings. The Kier molecular flexibility index (Phi) is 4.20. The van der Waals surface area contributed by atoms with Crippen molar-refractivity contribution in [3.63, 3.8) is 0 Å². The third-order valence-electron chi connectivity index (χ3n) is 4.20. The standard InChI is InChI=1S/C17H12ClF2N3O3/c18-9-3-11(19)17(12(20)4-9)8-1-10(2-8)25-16-7-21-13(6-22-16)14-5-15(24)23-26-14/h3-8,10H,1-2H2,(H,23,24)/p-1. The highest BCUT2D eigenvalue weighted by atomic mass is 35.5. The van der Waals surface area contributed by atoms with E-state index in [0.717, 1.165) is 12.1 Å². The molecule has 0 spiro atoms. The van der Waals surface area contributed by atoms with E-state index in [-0.39, 0.29) is 34.2 Å². The van der Waals surface area contributed by atoms with Gasteiger partial charge >= 0.3 is 0 Å². The van der Waals surface area contributed by atoms with Crippen molar-refractivity contribution in [1.29, 1.82) is 0 Å². The summed E-state index contributed by atoms with van der Waals surface area (Å²) in [7, 11) is 0. The van der Waals surface area contributed by atoms with Crippen LogP contribution >= 0.6 is 11.6 Å². The molecule has 0 amide bonds. The van der Waals surface area contributed by atoms with Gasteiger partial charge in [0.2, 0.25) is 5.88 Å². The zero-order chi connectivity index (χ0) is 18.3. The number of nitrogens with zero attached hydrogens (tertiary/aromatic N) is 3. The van der Waals surface area contributed by atoms with E-state index in [1.807, 2.05) is 0 Å². The SMILES string of the molecule is [O-]c1cc(-c2cnc(OC3CC(c4c(F)cc(Cl)cc4F)C3)cn2)on1. The van der Waals surface area contributed by atoms with E-state index in [1.54, 1.807) is 0 Å².